The van der Waals surface area contributed by atoms with Crippen LogP contribution >= 0.6 is 0 Å². The van der Waals surface area contributed by atoms with Gasteiger partial charge in [0.2, 0.25) is 0 Å². The van der Waals surface area contributed by atoms with Crippen LogP contribution in [0, 0.1) is 0 Å². The Hall–Kier alpha value is -6.38. The van der Waals surface area contributed by atoms with Gasteiger partial charge in [-0.25, -0.2) is 0 Å². The van der Waals surface area contributed by atoms with Crippen molar-refractivity contribution in [1.82, 2.24) is 0 Å². The minimum atomic E-state index is 0.878. The maximum absolute atomic E-state index is 6.68. The molecule has 9 aromatic rings. The predicted molar refractivity (Wildman–Crippen MR) is 202 cm³/mol. The molecule has 0 unspecified atom stereocenters. The Bertz CT molecular complexity index is 2550. The second-order valence-corrected chi connectivity index (χ2v) is 12.2. The van der Waals surface area contributed by atoms with E-state index in [1.807, 2.05) is 6.07 Å². The maximum atomic E-state index is 6.68. The Kier molecular flexibility index (Phi) is 6.84. The molecule has 8 aromatic carbocycles. The second-order valence-electron chi connectivity index (χ2n) is 12.2. The number of hydrogen-bond acceptors (Lipinski definition) is 2. The van der Waals surface area contributed by atoms with Gasteiger partial charge in [0.15, 0.2) is 0 Å². The molecule has 2 nitrogen and oxygen atoms in total. The van der Waals surface area contributed by atoms with Crippen molar-refractivity contribution in [1.29, 1.82) is 0 Å². The summed E-state index contributed by atoms with van der Waals surface area (Å²) in [6.45, 7) is 0. The molecule has 2 heteroatoms. The fourth-order valence-corrected chi connectivity index (χ4v) is 6.90. The van der Waals surface area contributed by atoms with Crippen LogP contribution in [-0.2, 0) is 0 Å². The number of anilines is 3. The molecule has 226 valence electrons. The number of furan rings is 1. The molecule has 0 N–H and O–H groups in total. The molecule has 1 aromatic heterocycles. The van der Waals surface area contributed by atoms with Crippen molar-refractivity contribution < 1.29 is 4.42 Å². The van der Waals surface area contributed by atoms with Gasteiger partial charge in [-0.1, -0.05) is 146 Å². The summed E-state index contributed by atoms with van der Waals surface area (Å²) in [4.78, 5) is 2.38. The monoisotopic (exact) mass is 613 g/mol. The Balaban J connectivity index is 1.26. The van der Waals surface area contributed by atoms with Crippen molar-refractivity contribution >= 4 is 49.8 Å². The smallest absolute Gasteiger partial charge is 0.145 e. The minimum Gasteiger partial charge on any atom is -0.455 e. The lowest BCUT2D eigenvalue weighted by molar-refractivity contribution is 0.670. The van der Waals surface area contributed by atoms with Gasteiger partial charge >= 0.3 is 0 Å². The summed E-state index contributed by atoms with van der Waals surface area (Å²) >= 11 is 0. The zero-order chi connectivity index (χ0) is 31.9. The summed E-state index contributed by atoms with van der Waals surface area (Å²) in [6, 6.07) is 66.9. The molecule has 0 atom stereocenters. The van der Waals surface area contributed by atoms with Crippen LogP contribution in [0.25, 0.3) is 66.1 Å². The lowest BCUT2D eigenvalue weighted by atomic mass is 9.98. The lowest BCUT2D eigenvalue weighted by Crippen LogP contribution is -2.10. The molecule has 0 saturated carbocycles. The molecule has 0 aliphatic rings. The normalized spacial score (nSPS) is 11.3. The Labute approximate surface area is 279 Å². The Morgan fingerprint density at radius 1 is 0.375 bits per heavy atom. The maximum Gasteiger partial charge on any atom is 0.145 e. The van der Waals surface area contributed by atoms with E-state index in [0.717, 1.165) is 55.7 Å². The van der Waals surface area contributed by atoms with Crippen molar-refractivity contribution in [2.75, 3.05) is 4.90 Å². The van der Waals surface area contributed by atoms with Gasteiger partial charge in [-0.15, -0.1) is 0 Å². The number of fused-ring (bicyclic) bond motifs is 4. The fourth-order valence-electron chi connectivity index (χ4n) is 6.90. The van der Waals surface area contributed by atoms with Crippen LogP contribution in [0.15, 0.2) is 192 Å². The van der Waals surface area contributed by atoms with Gasteiger partial charge < -0.3 is 9.32 Å². The molecule has 0 aliphatic heterocycles. The van der Waals surface area contributed by atoms with Gasteiger partial charge in [0, 0.05) is 22.3 Å². The quantitative estimate of drug-likeness (QED) is 0.185. The van der Waals surface area contributed by atoms with Gasteiger partial charge in [-0.05, 0) is 81.1 Å². The highest BCUT2D eigenvalue weighted by atomic mass is 16.3. The molecule has 1 heterocycles. The van der Waals surface area contributed by atoms with Crippen molar-refractivity contribution in [2.45, 2.75) is 0 Å². The lowest BCUT2D eigenvalue weighted by Gasteiger charge is -2.27. The highest BCUT2D eigenvalue weighted by molar-refractivity contribution is 6.17. The highest BCUT2D eigenvalue weighted by Gasteiger charge is 2.22. The third kappa shape index (κ3) is 4.92. The topological polar surface area (TPSA) is 16.4 Å². The van der Waals surface area contributed by atoms with E-state index in [1.54, 1.807) is 0 Å². The molecule has 0 fully saturated rings. The number of benzene rings is 8. The van der Waals surface area contributed by atoms with Crippen LogP contribution in [0.1, 0.15) is 0 Å². The first kappa shape index (κ1) is 27.9. The van der Waals surface area contributed by atoms with Gasteiger partial charge in [-0.2, -0.15) is 0 Å². The zero-order valence-electron chi connectivity index (χ0n) is 26.3. The van der Waals surface area contributed by atoms with E-state index in [9.17, 15) is 0 Å². The molecule has 0 radical (unpaired) electrons. The summed E-state index contributed by atoms with van der Waals surface area (Å²) < 4.78 is 6.68. The highest BCUT2D eigenvalue weighted by Crippen LogP contribution is 2.46. The molecule has 0 amide bonds. The number of para-hydroxylation sites is 1. The van der Waals surface area contributed by atoms with Crippen LogP contribution in [0.5, 0.6) is 0 Å². The van der Waals surface area contributed by atoms with Crippen molar-refractivity contribution in [3.8, 4) is 33.4 Å². The van der Waals surface area contributed by atoms with Crippen LogP contribution in [0.4, 0.5) is 17.1 Å². The van der Waals surface area contributed by atoms with E-state index in [4.69, 9.17) is 4.42 Å². The van der Waals surface area contributed by atoms with Crippen molar-refractivity contribution in [3.63, 3.8) is 0 Å². The molecular weight excluding hydrogens is 583 g/mol. The predicted octanol–water partition coefficient (Wildman–Crippen LogP) is 13.2. The first-order chi connectivity index (χ1) is 23.8. The SMILES string of the molecule is c1ccc(-c2ccc(-c3cccc(N(c4ccc5ccccc5c4)c4ccc(-c5ccccc5)c5oc6ccccc6c45)c3)cc2)cc1. The first-order valence-electron chi connectivity index (χ1n) is 16.3. The standard InChI is InChI=1S/C46H31NO/c1-3-12-32(13-4-1)34-22-24-35(25-23-34)38-18-11-19-39(30-38)47(40-27-26-33-14-7-8-17-37(33)31-40)43-29-28-41(36-15-5-2-6-16-36)46-45(43)42-20-9-10-21-44(42)48-46/h1-31H. The second kappa shape index (κ2) is 11.8. The minimum absolute atomic E-state index is 0.878. The zero-order valence-corrected chi connectivity index (χ0v) is 26.3. The summed E-state index contributed by atoms with van der Waals surface area (Å²) in [7, 11) is 0. The van der Waals surface area contributed by atoms with E-state index >= 15 is 0 Å². The molecule has 0 aliphatic carbocycles. The van der Waals surface area contributed by atoms with Crippen LogP contribution in [0.2, 0.25) is 0 Å². The van der Waals surface area contributed by atoms with Crippen LogP contribution < -0.4 is 4.90 Å². The summed E-state index contributed by atoms with van der Waals surface area (Å²) in [5.41, 5.74) is 12.0. The van der Waals surface area contributed by atoms with Crippen molar-refractivity contribution in [2.24, 2.45) is 0 Å². The van der Waals surface area contributed by atoms with Gasteiger partial charge in [0.05, 0.1) is 11.1 Å². The number of rotatable bonds is 6. The molecule has 0 saturated heterocycles. The fraction of sp³-hybridized carbons (Fsp3) is 0. The first-order valence-corrected chi connectivity index (χ1v) is 16.3. The van der Waals surface area contributed by atoms with E-state index in [1.165, 1.54) is 27.5 Å². The molecule has 9 rings (SSSR count). The largest absolute Gasteiger partial charge is 0.455 e. The third-order valence-electron chi connectivity index (χ3n) is 9.25. The van der Waals surface area contributed by atoms with Crippen molar-refractivity contribution in [3.05, 3.63) is 188 Å². The van der Waals surface area contributed by atoms with Crippen LogP contribution in [-0.4, -0.2) is 0 Å². The molecule has 0 spiro atoms. The van der Waals surface area contributed by atoms with E-state index < -0.39 is 0 Å². The Morgan fingerprint density at radius 2 is 0.979 bits per heavy atom. The summed E-state index contributed by atoms with van der Waals surface area (Å²) in [6.07, 6.45) is 0. The third-order valence-corrected chi connectivity index (χ3v) is 9.25. The Morgan fingerprint density at radius 3 is 1.77 bits per heavy atom. The van der Waals surface area contributed by atoms with E-state index in [-0.39, 0.29) is 0 Å². The summed E-state index contributed by atoms with van der Waals surface area (Å²) in [5.74, 6) is 0. The number of nitrogens with zero attached hydrogens (tertiary/aromatic N) is 1. The summed E-state index contributed by atoms with van der Waals surface area (Å²) in [5, 5.41) is 4.60. The van der Waals surface area contributed by atoms with Gasteiger partial charge in [0.1, 0.15) is 11.2 Å². The average Bonchev–Trinajstić information content (AvgIpc) is 3.56. The van der Waals surface area contributed by atoms with Gasteiger partial charge in [-0.3, -0.25) is 0 Å². The van der Waals surface area contributed by atoms with Crippen LogP contribution in [0.3, 0.4) is 0 Å². The van der Waals surface area contributed by atoms with E-state index in [2.05, 4.69) is 187 Å². The molecule has 0 bridgehead atoms. The average molecular weight is 614 g/mol. The van der Waals surface area contributed by atoms with E-state index in [0.29, 0.717) is 0 Å². The number of hydrogen-bond donors (Lipinski definition) is 0. The molecular formula is C46H31NO. The van der Waals surface area contributed by atoms with Gasteiger partial charge in [0.25, 0.3) is 0 Å². The molecule has 48 heavy (non-hydrogen) atoms.